The molecule has 0 aromatic heterocycles. The Morgan fingerprint density at radius 1 is 0.127 bits per heavy atom. The van der Waals surface area contributed by atoms with Gasteiger partial charge in [0.05, 0.1) is 0 Å². The maximum absolute atomic E-state index is 3.54. The highest BCUT2D eigenvalue weighted by atomic mass is 79.9. The lowest BCUT2D eigenvalue weighted by molar-refractivity contribution is 0.506. The zero-order chi connectivity index (χ0) is 45.1. The Morgan fingerprint density at radius 2 is 0.206 bits per heavy atom. The lowest BCUT2D eigenvalue weighted by Gasteiger charge is -2.05. The highest BCUT2D eigenvalue weighted by Crippen LogP contribution is 2.20. The zero-order valence-corrected chi connectivity index (χ0v) is 46.1. The Labute approximate surface area is 411 Å². The van der Waals surface area contributed by atoms with E-state index < -0.39 is 0 Å². The van der Waals surface area contributed by atoms with Gasteiger partial charge in [0, 0.05) is 5.33 Å². The van der Waals surface area contributed by atoms with E-state index in [1.807, 2.05) is 0 Å². The summed E-state index contributed by atoms with van der Waals surface area (Å²) in [6.07, 6.45) is 89.2. The third kappa shape index (κ3) is 62.5. The summed E-state index contributed by atoms with van der Waals surface area (Å²) in [6, 6.07) is 0. The van der Waals surface area contributed by atoms with Crippen molar-refractivity contribution in [2.45, 2.75) is 392 Å². The first kappa shape index (κ1) is 63.5. The smallest absolute Gasteiger partial charge is 0.00313 e. The van der Waals surface area contributed by atoms with Gasteiger partial charge in [-0.25, -0.2) is 0 Å². The molecule has 0 heterocycles. The number of alkyl halides is 1. The van der Waals surface area contributed by atoms with Gasteiger partial charge < -0.3 is 0 Å². The number of hydrogen-bond donors (Lipinski definition) is 0. The molecule has 0 aliphatic carbocycles. The number of unbranched alkanes of at least 4 members (excludes halogenated alkanes) is 59. The first-order valence-electron chi connectivity index (χ1n) is 31.0. The second-order valence-corrected chi connectivity index (χ2v) is 22.3. The highest BCUT2D eigenvalue weighted by molar-refractivity contribution is 9.09. The largest absolute Gasteiger partial charge is 0.0928 e. The van der Waals surface area contributed by atoms with Crippen LogP contribution in [0.25, 0.3) is 0 Å². The van der Waals surface area contributed by atoms with E-state index in [0.29, 0.717) is 0 Å². The average molecular weight is 951 g/mol. The molecular weight excluding hydrogens is 825 g/mol. The minimum Gasteiger partial charge on any atom is -0.0928 e. The predicted octanol–water partition coefficient (Wildman–Crippen LogP) is 24.8. The molecule has 0 amide bonds. The van der Waals surface area contributed by atoms with Gasteiger partial charge in [-0.15, -0.1) is 0 Å². The number of hydrogen-bond acceptors (Lipinski definition) is 0. The molecule has 0 aliphatic heterocycles. The molecule has 0 saturated carbocycles. The van der Waals surface area contributed by atoms with Crippen molar-refractivity contribution in [3.63, 3.8) is 0 Å². The lowest BCUT2D eigenvalue weighted by atomic mass is 10.0. The van der Waals surface area contributed by atoms with E-state index in [4.69, 9.17) is 0 Å². The van der Waals surface area contributed by atoms with Gasteiger partial charge in [-0.05, 0) is 6.42 Å². The SMILES string of the molecule is CCCCCCCCCCCCCCCCCCCCCCCCCCCCCCCCCCCCCCCCCCCCCCCCCCCCCCCCCCCCCCBr. The standard InChI is InChI=1S/C62H125Br/c1-2-3-4-5-6-7-8-9-10-11-12-13-14-15-16-17-18-19-20-21-22-23-24-25-26-27-28-29-30-31-32-33-34-35-36-37-38-39-40-41-42-43-44-45-46-47-48-49-50-51-52-53-54-55-56-57-58-59-60-61-62-63/h2-62H2,1H3. The van der Waals surface area contributed by atoms with Crippen LogP contribution in [0.2, 0.25) is 0 Å². The maximum atomic E-state index is 3.54. The van der Waals surface area contributed by atoms with Gasteiger partial charge in [-0.1, -0.05) is 402 Å². The summed E-state index contributed by atoms with van der Waals surface area (Å²) in [6.45, 7) is 2.31. The van der Waals surface area contributed by atoms with Crippen molar-refractivity contribution in [2.75, 3.05) is 5.33 Å². The van der Waals surface area contributed by atoms with Crippen LogP contribution in [-0.4, -0.2) is 5.33 Å². The molecule has 0 N–H and O–H groups in total. The molecule has 63 heavy (non-hydrogen) atoms. The third-order valence-corrected chi connectivity index (χ3v) is 15.5. The predicted molar refractivity (Wildman–Crippen MR) is 296 cm³/mol. The van der Waals surface area contributed by atoms with E-state index in [2.05, 4.69) is 22.9 Å². The number of halogens is 1. The van der Waals surface area contributed by atoms with Crippen LogP contribution in [0.5, 0.6) is 0 Å². The van der Waals surface area contributed by atoms with Crippen molar-refractivity contribution in [1.82, 2.24) is 0 Å². The molecule has 0 radical (unpaired) electrons. The molecule has 0 aliphatic rings. The summed E-state index contributed by atoms with van der Waals surface area (Å²) in [5.41, 5.74) is 0. The summed E-state index contributed by atoms with van der Waals surface area (Å²) in [5.74, 6) is 0. The minimum atomic E-state index is 1.19. The topological polar surface area (TPSA) is 0 Å². The van der Waals surface area contributed by atoms with Gasteiger partial charge in [0.25, 0.3) is 0 Å². The first-order valence-corrected chi connectivity index (χ1v) is 32.1. The van der Waals surface area contributed by atoms with E-state index in [1.54, 1.807) is 0 Å². The molecule has 0 bridgehead atoms. The normalized spacial score (nSPS) is 11.7. The second-order valence-electron chi connectivity index (χ2n) is 21.5. The van der Waals surface area contributed by atoms with E-state index in [0.717, 1.165) is 0 Å². The fraction of sp³-hybridized carbons (Fsp3) is 1.00. The van der Waals surface area contributed by atoms with Gasteiger partial charge in [-0.3, -0.25) is 0 Å². The van der Waals surface area contributed by atoms with Crippen molar-refractivity contribution in [3.8, 4) is 0 Å². The fourth-order valence-corrected chi connectivity index (χ4v) is 10.8. The van der Waals surface area contributed by atoms with Gasteiger partial charge >= 0.3 is 0 Å². The van der Waals surface area contributed by atoms with Crippen molar-refractivity contribution in [3.05, 3.63) is 0 Å². The maximum Gasteiger partial charge on any atom is 0.00313 e. The zero-order valence-electron chi connectivity index (χ0n) is 44.5. The molecule has 1 heteroatoms. The lowest BCUT2D eigenvalue weighted by Crippen LogP contribution is -1.85. The molecule has 0 nitrogen and oxygen atoms in total. The quantitative estimate of drug-likeness (QED) is 0.0421. The summed E-state index contributed by atoms with van der Waals surface area (Å²) < 4.78 is 0. The van der Waals surface area contributed by atoms with Crippen LogP contribution in [0.4, 0.5) is 0 Å². The van der Waals surface area contributed by atoms with E-state index in [9.17, 15) is 0 Å². The van der Waals surface area contributed by atoms with E-state index >= 15 is 0 Å². The van der Waals surface area contributed by atoms with Crippen molar-refractivity contribution < 1.29 is 0 Å². The van der Waals surface area contributed by atoms with Gasteiger partial charge in [-0.2, -0.15) is 0 Å². The van der Waals surface area contributed by atoms with Crippen LogP contribution >= 0.6 is 15.9 Å². The monoisotopic (exact) mass is 949 g/mol. The summed E-state index contributed by atoms with van der Waals surface area (Å²) in [4.78, 5) is 0. The molecule has 380 valence electrons. The highest BCUT2D eigenvalue weighted by Gasteiger charge is 2.00. The fourth-order valence-electron chi connectivity index (χ4n) is 10.4. The first-order chi connectivity index (χ1) is 31.4. The summed E-state index contributed by atoms with van der Waals surface area (Å²) >= 11 is 3.54. The molecule has 0 fully saturated rings. The molecule has 0 rings (SSSR count). The van der Waals surface area contributed by atoms with Crippen molar-refractivity contribution in [1.29, 1.82) is 0 Å². The Kier molecular flexibility index (Phi) is 63.0. The molecule has 0 saturated heterocycles. The Bertz CT molecular complexity index is 671. The van der Waals surface area contributed by atoms with Crippen LogP contribution in [0.1, 0.15) is 392 Å². The summed E-state index contributed by atoms with van der Waals surface area (Å²) in [7, 11) is 0. The van der Waals surface area contributed by atoms with Gasteiger partial charge in [0.15, 0.2) is 0 Å². The second kappa shape index (κ2) is 62.5. The van der Waals surface area contributed by atoms with E-state index in [-0.39, 0.29) is 0 Å². The Hall–Kier alpha value is 0.480. The van der Waals surface area contributed by atoms with Crippen LogP contribution in [0.3, 0.4) is 0 Å². The van der Waals surface area contributed by atoms with Crippen LogP contribution < -0.4 is 0 Å². The molecule has 0 aromatic carbocycles. The molecule has 0 aromatic rings. The van der Waals surface area contributed by atoms with Gasteiger partial charge in [0.1, 0.15) is 0 Å². The third-order valence-electron chi connectivity index (χ3n) is 15.0. The van der Waals surface area contributed by atoms with Crippen molar-refractivity contribution in [2.24, 2.45) is 0 Å². The molecule has 0 spiro atoms. The molecule has 0 unspecified atom stereocenters. The minimum absolute atomic E-state index is 1.19. The average Bonchev–Trinajstić information content (AvgIpc) is 3.29. The molecular formula is C62H125Br. The van der Waals surface area contributed by atoms with Crippen LogP contribution in [-0.2, 0) is 0 Å². The summed E-state index contributed by atoms with van der Waals surface area (Å²) in [5, 5.41) is 1.19. The van der Waals surface area contributed by atoms with Crippen molar-refractivity contribution >= 4 is 15.9 Å². The van der Waals surface area contributed by atoms with Crippen LogP contribution in [0, 0.1) is 0 Å². The van der Waals surface area contributed by atoms with E-state index in [1.165, 1.54) is 391 Å². The van der Waals surface area contributed by atoms with Crippen LogP contribution in [0.15, 0.2) is 0 Å². The Morgan fingerprint density at radius 3 is 0.286 bits per heavy atom. The Balaban J connectivity index is 3.06. The molecule has 0 atom stereocenters. The number of rotatable bonds is 60. The van der Waals surface area contributed by atoms with Gasteiger partial charge in [0.2, 0.25) is 0 Å².